The Morgan fingerprint density at radius 2 is 1.15 bits per heavy atom. The van der Waals surface area contributed by atoms with Crippen LogP contribution in [0.1, 0.15) is 13.8 Å². The van der Waals surface area contributed by atoms with E-state index in [0.717, 1.165) is 39.3 Å². The van der Waals surface area contributed by atoms with Crippen LogP contribution in [0, 0.1) is 11.8 Å². The summed E-state index contributed by atoms with van der Waals surface area (Å²) in [6, 6.07) is 0. The molecule has 0 aliphatic carbocycles. The quantitative estimate of drug-likeness (QED) is 0.651. The van der Waals surface area contributed by atoms with Crippen LogP contribution in [0.2, 0.25) is 0 Å². The Hall–Kier alpha value is -1.14. The van der Waals surface area contributed by atoms with Crippen LogP contribution in [0.4, 0.5) is 0 Å². The summed E-state index contributed by atoms with van der Waals surface area (Å²) in [5.41, 5.74) is 0. The zero-order valence-corrected chi connectivity index (χ0v) is 12.9. The van der Waals surface area contributed by atoms with Gasteiger partial charge in [0.1, 0.15) is 0 Å². The van der Waals surface area contributed by atoms with E-state index in [1.165, 1.54) is 14.2 Å². The minimum atomic E-state index is -0.160. The number of rotatable bonds is 6. The second-order valence-electron chi connectivity index (χ2n) is 5.45. The van der Waals surface area contributed by atoms with E-state index in [9.17, 15) is 9.59 Å². The van der Waals surface area contributed by atoms with Crippen molar-refractivity contribution < 1.29 is 19.1 Å². The predicted molar refractivity (Wildman–Crippen MR) is 75.2 cm³/mol. The van der Waals surface area contributed by atoms with E-state index < -0.39 is 0 Å². The van der Waals surface area contributed by atoms with Crippen molar-refractivity contribution in [1.29, 1.82) is 0 Å². The number of piperazine rings is 1. The lowest BCUT2D eigenvalue weighted by Gasteiger charge is -2.36. The molecular weight excluding hydrogens is 260 g/mol. The number of esters is 2. The highest BCUT2D eigenvalue weighted by Gasteiger charge is 2.24. The lowest BCUT2D eigenvalue weighted by atomic mass is 10.1. The van der Waals surface area contributed by atoms with Gasteiger partial charge in [-0.3, -0.25) is 19.4 Å². The van der Waals surface area contributed by atoms with Crippen LogP contribution in [0.3, 0.4) is 0 Å². The minimum absolute atomic E-state index is 0.0967. The summed E-state index contributed by atoms with van der Waals surface area (Å²) in [6.07, 6.45) is 0. The summed E-state index contributed by atoms with van der Waals surface area (Å²) in [6.45, 7) is 8.88. The van der Waals surface area contributed by atoms with Gasteiger partial charge in [-0.1, -0.05) is 13.8 Å². The molecule has 1 rings (SSSR count). The van der Waals surface area contributed by atoms with Crippen LogP contribution in [-0.4, -0.2) is 75.2 Å². The fourth-order valence-corrected chi connectivity index (χ4v) is 2.48. The van der Waals surface area contributed by atoms with E-state index in [2.05, 4.69) is 9.80 Å². The molecule has 1 fully saturated rings. The molecule has 116 valence electrons. The van der Waals surface area contributed by atoms with Crippen molar-refractivity contribution in [3.8, 4) is 0 Å². The predicted octanol–water partition coefficient (Wildman–Crippen LogP) is 0.222. The van der Waals surface area contributed by atoms with Crippen LogP contribution in [0.25, 0.3) is 0 Å². The number of carbonyl (C=O) groups excluding carboxylic acids is 2. The maximum Gasteiger partial charge on any atom is 0.309 e. The molecule has 0 aromatic carbocycles. The topological polar surface area (TPSA) is 59.1 Å². The molecule has 1 heterocycles. The van der Waals surface area contributed by atoms with Gasteiger partial charge < -0.3 is 9.47 Å². The van der Waals surface area contributed by atoms with E-state index in [1.54, 1.807) is 0 Å². The maximum atomic E-state index is 11.4. The van der Waals surface area contributed by atoms with Crippen molar-refractivity contribution >= 4 is 11.9 Å². The summed E-state index contributed by atoms with van der Waals surface area (Å²) in [4.78, 5) is 27.3. The van der Waals surface area contributed by atoms with Gasteiger partial charge in [0, 0.05) is 39.3 Å². The van der Waals surface area contributed by atoms with E-state index in [-0.39, 0.29) is 23.8 Å². The highest BCUT2D eigenvalue weighted by Crippen LogP contribution is 2.09. The van der Waals surface area contributed by atoms with Crippen LogP contribution >= 0.6 is 0 Å². The van der Waals surface area contributed by atoms with Crippen molar-refractivity contribution in [2.24, 2.45) is 11.8 Å². The normalized spacial score (nSPS) is 20.2. The molecule has 0 saturated carbocycles. The van der Waals surface area contributed by atoms with E-state index >= 15 is 0 Å². The molecule has 20 heavy (non-hydrogen) atoms. The van der Waals surface area contributed by atoms with Crippen LogP contribution in [0.5, 0.6) is 0 Å². The van der Waals surface area contributed by atoms with Gasteiger partial charge in [-0.15, -0.1) is 0 Å². The Morgan fingerprint density at radius 3 is 1.40 bits per heavy atom. The largest absolute Gasteiger partial charge is 0.469 e. The number of ether oxygens (including phenoxy) is 2. The molecule has 0 bridgehead atoms. The number of hydrogen-bond donors (Lipinski definition) is 0. The molecule has 1 aliphatic rings. The number of methoxy groups -OCH3 is 2. The van der Waals surface area contributed by atoms with Gasteiger partial charge in [-0.25, -0.2) is 0 Å². The van der Waals surface area contributed by atoms with E-state index in [4.69, 9.17) is 9.47 Å². The molecule has 0 amide bonds. The number of carbonyl (C=O) groups is 2. The Kier molecular flexibility index (Phi) is 6.95. The lowest BCUT2D eigenvalue weighted by molar-refractivity contribution is -0.147. The molecule has 0 radical (unpaired) electrons. The summed E-state index contributed by atoms with van der Waals surface area (Å²) < 4.78 is 9.48. The second-order valence-corrected chi connectivity index (χ2v) is 5.45. The molecule has 1 aliphatic heterocycles. The van der Waals surface area contributed by atoms with Crippen LogP contribution in [0.15, 0.2) is 0 Å². The van der Waals surface area contributed by atoms with Gasteiger partial charge in [-0.05, 0) is 0 Å². The van der Waals surface area contributed by atoms with Crippen LogP contribution < -0.4 is 0 Å². The van der Waals surface area contributed by atoms with Crippen molar-refractivity contribution in [3.05, 3.63) is 0 Å². The molecule has 6 nitrogen and oxygen atoms in total. The first kappa shape index (κ1) is 16.9. The van der Waals surface area contributed by atoms with Gasteiger partial charge >= 0.3 is 11.9 Å². The molecule has 0 spiro atoms. The van der Waals surface area contributed by atoms with Gasteiger partial charge in [0.05, 0.1) is 26.1 Å². The summed E-state index contributed by atoms with van der Waals surface area (Å²) in [7, 11) is 2.84. The van der Waals surface area contributed by atoms with Crippen molar-refractivity contribution in [2.75, 3.05) is 53.5 Å². The zero-order valence-electron chi connectivity index (χ0n) is 12.9. The highest BCUT2D eigenvalue weighted by atomic mass is 16.5. The third-order valence-electron chi connectivity index (χ3n) is 3.74. The third-order valence-corrected chi connectivity index (χ3v) is 3.74. The molecule has 0 N–H and O–H groups in total. The first-order chi connectivity index (χ1) is 9.47. The van der Waals surface area contributed by atoms with E-state index in [1.807, 2.05) is 13.8 Å². The summed E-state index contributed by atoms with van der Waals surface area (Å²) in [5, 5.41) is 0. The van der Waals surface area contributed by atoms with Crippen molar-refractivity contribution in [3.63, 3.8) is 0 Å². The standard InChI is InChI=1S/C14H26N2O4/c1-11(13(17)19-3)9-15-5-7-16(8-6-15)10-12(2)14(18)20-4/h11-12H,5-10H2,1-4H3/t11-,12-/m1/s1. The molecule has 1 saturated heterocycles. The molecule has 2 atom stereocenters. The SMILES string of the molecule is COC(=O)[C@H](C)CN1CCN(C[C@@H](C)C(=O)OC)CC1. The number of nitrogens with zero attached hydrogens (tertiary/aromatic N) is 2. The molecule has 0 aromatic rings. The molecule has 0 unspecified atom stereocenters. The lowest BCUT2D eigenvalue weighted by Crippen LogP contribution is -2.49. The molecule has 6 heteroatoms. The zero-order chi connectivity index (χ0) is 15.1. The Labute approximate surface area is 121 Å². The fraction of sp³-hybridized carbons (Fsp3) is 0.857. The Morgan fingerprint density at radius 1 is 0.850 bits per heavy atom. The maximum absolute atomic E-state index is 11.4. The van der Waals surface area contributed by atoms with Crippen LogP contribution in [-0.2, 0) is 19.1 Å². The fourth-order valence-electron chi connectivity index (χ4n) is 2.48. The molecule has 0 aromatic heterocycles. The van der Waals surface area contributed by atoms with Gasteiger partial charge in [0.25, 0.3) is 0 Å². The first-order valence-electron chi connectivity index (χ1n) is 7.08. The first-order valence-corrected chi connectivity index (χ1v) is 7.08. The van der Waals surface area contributed by atoms with Gasteiger partial charge in [0.2, 0.25) is 0 Å². The van der Waals surface area contributed by atoms with Gasteiger partial charge in [-0.2, -0.15) is 0 Å². The summed E-state index contributed by atoms with van der Waals surface area (Å²) in [5.74, 6) is -0.514. The highest BCUT2D eigenvalue weighted by molar-refractivity contribution is 5.72. The van der Waals surface area contributed by atoms with Crippen molar-refractivity contribution in [2.45, 2.75) is 13.8 Å². The third kappa shape index (κ3) is 5.09. The number of hydrogen-bond acceptors (Lipinski definition) is 6. The second kappa shape index (κ2) is 8.21. The summed E-state index contributed by atoms with van der Waals surface area (Å²) >= 11 is 0. The minimum Gasteiger partial charge on any atom is -0.469 e. The van der Waals surface area contributed by atoms with Gasteiger partial charge in [0.15, 0.2) is 0 Å². The van der Waals surface area contributed by atoms with Crippen molar-refractivity contribution in [1.82, 2.24) is 9.80 Å². The Bertz CT molecular complexity index is 295. The smallest absolute Gasteiger partial charge is 0.309 e. The molecular formula is C14H26N2O4. The Balaban J connectivity index is 2.29. The monoisotopic (exact) mass is 286 g/mol. The average Bonchev–Trinajstić information content (AvgIpc) is 2.47. The average molecular weight is 286 g/mol. The van der Waals surface area contributed by atoms with E-state index in [0.29, 0.717) is 0 Å².